The average molecular weight is 543 g/mol. The van der Waals surface area contributed by atoms with E-state index in [1.54, 1.807) is 4.90 Å². The monoisotopic (exact) mass is 543 g/mol. The Labute approximate surface area is 192 Å². The van der Waals surface area contributed by atoms with Crippen molar-refractivity contribution >= 4 is 35.3 Å². The maximum atomic E-state index is 12.4. The van der Waals surface area contributed by atoms with Gasteiger partial charge in [-0.2, -0.15) is 8.62 Å². The first-order chi connectivity index (χ1) is 15.7. The third-order valence-electron chi connectivity index (χ3n) is 4.48. The highest BCUT2D eigenvalue weighted by molar-refractivity contribution is 7.66. The maximum absolute atomic E-state index is 12.4. The van der Waals surface area contributed by atoms with Gasteiger partial charge in [0, 0.05) is 12.5 Å². The fraction of sp³-hybridized carbons (Fsp3) is 0.571. The lowest BCUT2D eigenvalue weighted by Crippen LogP contribution is -2.52. The molecule has 1 amide bonds. The number of nitrogens with two attached hydrogens (primary N) is 2. The van der Waals surface area contributed by atoms with Gasteiger partial charge in [-0.3, -0.25) is 14.6 Å². The lowest BCUT2D eigenvalue weighted by Gasteiger charge is -2.30. The molecule has 9 N–H and O–H groups in total. The topological polar surface area (TPSA) is 266 Å². The van der Waals surface area contributed by atoms with Crippen molar-refractivity contribution in [3.05, 3.63) is 0 Å². The Morgan fingerprint density at radius 3 is 2.56 bits per heavy atom. The lowest BCUT2D eigenvalue weighted by molar-refractivity contribution is -0.126. The second-order valence-electron chi connectivity index (χ2n) is 6.92. The Bertz CT molecular complexity index is 1130. The van der Waals surface area contributed by atoms with Gasteiger partial charge in [0.15, 0.2) is 12.2 Å². The predicted octanol–water partition coefficient (Wildman–Crippen LogP) is -2.66. The van der Waals surface area contributed by atoms with Crippen molar-refractivity contribution in [2.45, 2.75) is 18.5 Å². The van der Waals surface area contributed by atoms with Crippen molar-refractivity contribution in [2.75, 3.05) is 19.7 Å². The van der Waals surface area contributed by atoms with Crippen LogP contribution in [-0.2, 0) is 36.4 Å². The Kier molecular flexibility index (Phi) is 8.04. The minimum Gasteiger partial charge on any atom is -0.370 e. The van der Waals surface area contributed by atoms with E-state index < -0.39 is 60.4 Å². The van der Waals surface area contributed by atoms with Crippen LogP contribution in [0.2, 0.25) is 0 Å². The molecule has 0 aromatic carbocycles. The summed E-state index contributed by atoms with van der Waals surface area (Å²) >= 11 is 0. The first-order valence-corrected chi connectivity index (χ1v) is 13.7. The van der Waals surface area contributed by atoms with E-state index in [-0.39, 0.29) is 25.0 Å². The largest absolute Gasteiger partial charge is 0.490 e. The van der Waals surface area contributed by atoms with Crippen molar-refractivity contribution in [1.29, 1.82) is 0 Å². The van der Waals surface area contributed by atoms with Gasteiger partial charge < -0.3 is 35.8 Å². The Hall–Kier alpha value is -1.65. The van der Waals surface area contributed by atoms with E-state index in [0.717, 1.165) is 0 Å². The maximum Gasteiger partial charge on any atom is 0.490 e. The van der Waals surface area contributed by atoms with Crippen LogP contribution in [0, 0.1) is 35.5 Å². The molecule has 0 bridgehead atoms. The van der Waals surface area contributed by atoms with Crippen molar-refractivity contribution in [2.24, 2.45) is 28.3 Å². The van der Waals surface area contributed by atoms with Crippen LogP contribution in [0.4, 0.5) is 0 Å². The number of fused-ring (bicyclic) bond motifs is 1. The fourth-order valence-electron chi connectivity index (χ4n) is 3.37. The summed E-state index contributed by atoms with van der Waals surface area (Å²) in [4.78, 5) is 54.1. The van der Waals surface area contributed by atoms with Crippen molar-refractivity contribution in [1.82, 2.24) is 10.2 Å². The number of phosphoric acid groups is 3. The number of ether oxygens (including phenoxy) is 1. The van der Waals surface area contributed by atoms with Crippen LogP contribution in [0.25, 0.3) is 0 Å². The number of likely N-dealkylation sites (tertiary alicyclic amines) is 1. The number of guanidine groups is 1. The Morgan fingerprint density at radius 1 is 1.21 bits per heavy atom. The van der Waals surface area contributed by atoms with E-state index in [1.807, 2.05) is 0 Å². The second kappa shape index (κ2) is 10.1. The first kappa shape index (κ1) is 26.9. The van der Waals surface area contributed by atoms with Crippen LogP contribution in [0.5, 0.6) is 0 Å². The molecule has 0 aromatic heterocycles. The zero-order valence-electron chi connectivity index (χ0n) is 17.0. The zero-order valence-corrected chi connectivity index (χ0v) is 19.6. The molecular formula is C14H20N5O12P3. The van der Waals surface area contributed by atoms with Crippen LogP contribution in [0.1, 0.15) is 0 Å². The molecule has 188 valence electrons. The molecule has 0 aliphatic carbocycles. The van der Waals surface area contributed by atoms with E-state index in [4.69, 9.17) is 30.9 Å². The quantitative estimate of drug-likeness (QED) is 0.122. The molecule has 3 rings (SSSR count). The van der Waals surface area contributed by atoms with Gasteiger partial charge in [-0.1, -0.05) is 23.7 Å². The molecule has 0 saturated carbocycles. The number of carbonyl (C=O) groups excluding carboxylic acids is 1. The van der Waals surface area contributed by atoms with Gasteiger partial charge in [0.1, 0.15) is 12.3 Å². The van der Waals surface area contributed by atoms with E-state index in [0.29, 0.717) is 0 Å². The number of rotatable bonds is 8. The normalized spacial score (nSPS) is 32.2. The summed E-state index contributed by atoms with van der Waals surface area (Å²) in [6.45, 7) is -0.435. The van der Waals surface area contributed by atoms with E-state index in [2.05, 4.69) is 47.1 Å². The summed E-state index contributed by atoms with van der Waals surface area (Å²) in [5.41, 5.74) is 11.1. The Balaban J connectivity index is 1.62. The molecule has 1 saturated heterocycles. The van der Waals surface area contributed by atoms with Crippen LogP contribution < -0.4 is 16.8 Å². The molecule has 5 unspecified atom stereocenters. The highest BCUT2D eigenvalue weighted by atomic mass is 31.3. The van der Waals surface area contributed by atoms with Gasteiger partial charge in [0.05, 0.1) is 19.1 Å². The first-order valence-electron chi connectivity index (χ1n) is 9.23. The van der Waals surface area contributed by atoms with Crippen molar-refractivity contribution in [3.8, 4) is 23.7 Å². The van der Waals surface area contributed by atoms with Gasteiger partial charge >= 0.3 is 23.5 Å². The molecule has 34 heavy (non-hydrogen) atoms. The molecule has 0 spiro atoms. The van der Waals surface area contributed by atoms with Gasteiger partial charge in [0.2, 0.25) is 5.91 Å². The molecule has 17 nitrogen and oxygen atoms in total. The SMILES string of the molecule is NCC#CC1CN([C@H]2C#C[C@@H](COP(=O)(O)OP(=O)(O)OP(=O)(O)O)O2)C2N=C(N)NC(=O)C12. The van der Waals surface area contributed by atoms with Crippen LogP contribution in [-0.4, -0.2) is 74.5 Å². The third kappa shape index (κ3) is 6.95. The van der Waals surface area contributed by atoms with E-state index >= 15 is 0 Å². The second-order valence-corrected chi connectivity index (χ2v) is 11.3. The Morgan fingerprint density at radius 2 is 1.91 bits per heavy atom. The summed E-state index contributed by atoms with van der Waals surface area (Å²) in [6.07, 6.45) is -2.81. The highest BCUT2D eigenvalue weighted by Crippen LogP contribution is 2.66. The molecule has 7 atom stereocenters. The van der Waals surface area contributed by atoms with E-state index in [9.17, 15) is 23.4 Å². The number of amides is 1. The summed E-state index contributed by atoms with van der Waals surface area (Å²) in [5, 5.41) is 2.44. The van der Waals surface area contributed by atoms with Gasteiger partial charge in [-0.05, 0) is 0 Å². The number of hydrogen-bond donors (Lipinski definition) is 7. The van der Waals surface area contributed by atoms with Gasteiger partial charge in [0.25, 0.3) is 0 Å². The predicted molar refractivity (Wildman–Crippen MR) is 110 cm³/mol. The highest BCUT2D eigenvalue weighted by Gasteiger charge is 2.51. The molecule has 20 heteroatoms. The number of carbonyl (C=O) groups is 1. The number of hydrogen-bond acceptors (Lipinski definition) is 12. The average Bonchev–Trinajstić information content (AvgIpc) is 3.26. The number of nitrogens with zero attached hydrogens (tertiary/aromatic N) is 2. The number of phosphoric ester groups is 1. The number of nitrogens with one attached hydrogen (secondary N) is 1. The van der Waals surface area contributed by atoms with Crippen LogP contribution in [0.15, 0.2) is 4.99 Å². The molecule has 3 aliphatic rings. The standard InChI is InChI=1S/C14H20N5O12P3/c15-5-1-2-8-6-19(12-11(8)13(20)18-14(16)17-12)10-4-3-9(29-10)7-28-33(24,25)31-34(26,27)30-32(21,22)23/h8-12H,5-7,15H2,(H,24,25)(H,26,27)(H2,21,22,23)(H3,16,17,18,20)/t8?,9-,10+,11?,12?/m0/s1. The van der Waals surface area contributed by atoms with Crippen molar-refractivity contribution in [3.63, 3.8) is 0 Å². The summed E-state index contributed by atoms with van der Waals surface area (Å²) in [5.74, 6) is 9.31. The summed E-state index contributed by atoms with van der Waals surface area (Å²) in [7, 11) is -16.5. The van der Waals surface area contributed by atoms with Crippen molar-refractivity contribution < 1.29 is 55.9 Å². The molecule has 1 fully saturated rings. The molecule has 0 radical (unpaired) electrons. The smallest absolute Gasteiger partial charge is 0.370 e. The minimum absolute atomic E-state index is 0.0866. The van der Waals surface area contributed by atoms with Crippen LogP contribution in [0.3, 0.4) is 0 Å². The molecule has 3 heterocycles. The summed E-state index contributed by atoms with van der Waals surface area (Å²) in [6, 6.07) is 0. The number of aliphatic imine (C=N–C) groups is 1. The third-order valence-corrected chi connectivity index (χ3v) is 8.29. The van der Waals surface area contributed by atoms with E-state index in [1.165, 1.54) is 0 Å². The van der Waals surface area contributed by atoms with Gasteiger partial charge in [-0.25, -0.2) is 23.6 Å². The summed E-state index contributed by atoms with van der Waals surface area (Å²) < 4.78 is 51.3. The molecule has 0 aromatic rings. The van der Waals surface area contributed by atoms with Crippen LogP contribution >= 0.6 is 23.5 Å². The molecular weight excluding hydrogens is 523 g/mol. The molecule has 3 aliphatic heterocycles. The lowest BCUT2D eigenvalue weighted by atomic mass is 9.93. The minimum atomic E-state index is -5.64. The van der Waals surface area contributed by atoms with Gasteiger partial charge in [-0.15, -0.1) is 0 Å². The zero-order chi connectivity index (χ0) is 25.3. The fourth-order valence-corrected chi connectivity index (χ4v) is 6.39.